The summed E-state index contributed by atoms with van der Waals surface area (Å²) in [6.45, 7) is 4.34. The number of rotatable bonds is 2. The van der Waals surface area contributed by atoms with E-state index in [1.54, 1.807) is 4.90 Å². The molecule has 0 saturated heterocycles. The van der Waals surface area contributed by atoms with Gasteiger partial charge in [-0.25, -0.2) is 4.79 Å². The highest BCUT2D eigenvalue weighted by Gasteiger charge is 2.16. The van der Waals surface area contributed by atoms with Crippen molar-refractivity contribution in [3.63, 3.8) is 0 Å². The summed E-state index contributed by atoms with van der Waals surface area (Å²) >= 11 is 0. The summed E-state index contributed by atoms with van der Waals surface area (Å²) in [7, 11) is 0. The number of hydrogen-bond donors (Lipinski definition) is 0. The molecular formula is C14H18N2O2. The van der Waals surface area contributed by atoms with Crippen molar-refractivity contribution in [3.05, 3.63) is 35.9 Å². The fourth-order valence-corrected chi connectivity index (χ4v) is 1.84. The first-order valence-corrected chi connectivity index (χ1v) is 6.21. The van der Waals surface area contributed by atoms with Gasteiger partial charge in [0.05, 0.1) is 6.54 Å². The number of nitrogens with zero attached hydrogens (tertiary/aromatic N) is 2. The Morgan fingerprint density at radius 2 is 2.11 bits per heavy atom. The molecule has 0 spiro atoms. The third kappa shape index (κ3) is 3.58. The fourth-order valence-electron chi connectivity index (χ4n) is 1.84. The molecule has 0 saturated carbocycles. The molecule has 0 aliphatic carbocycles. The van der Waals surface area contributed by atoms with Crippen molar-refractivity contribution in [2.24, 2.45) is 4.99 Å². The third-order valence-corrected chi connectivity index (χ3v) is 2.96. The summed E-state index contributed by atoms with van der Waals surface area (Å²) in [6, 6.07) is 9.71. The van der Waals surface area contributed by atoms with E-state index in [4.69, 9.17) is 4.74 Å². The van der Waals surface area contributed by atoms with Gasteiger partial charge in [-0.2, -0.15) is 0 Å². The molecule has 4 nitrogen and oxygen atoms in total. The average Bonchev–Trinajstić information content (AvgIpc) is 2.62. The zero-order chi connectivity index (χ0) is 12.8. The molecule has 0 unspecified atom stereocenters. The Morgan fingerprint density at radius 3 is 2.89 bits per heavy atom. The molecule has 0 aromatic heterocycles. The molecule has 1 heterocycles. The molecular weight excluding hydrogens is 228 g/mol. The average molecular weight is 246 g/mol. The summed E-state index contributed by atoms with van der Waals surface area (Å²) in [5.41, 5.74) is 2.11. The second-order valence-corrected chi connectivity index (χ2v) is 4.39. The number of aliphatic imine (C=N–C) groups is 1. The lowest BCUT2D eigenvalue weighted by Gasteiger charge is -2.19. The zero-order valence-corrected chi connectivity index (χ0v) is 10.6. The van der Waals surface area contributed by atoms with Gasteiger partial charge in [0, 0.05) is 25.2 Å². The summed E-state index contributed by atoms with van der Waals surface area (Å²) in [4.78, 5) is 18.0. The lowest BCUT2D eigenvalue weighted by molar-refractivity contribution is 0.0987. The molecule has 0 atom stereocenters. The quantitative estimate of drug-likeness (QED) is 0.804. The maximum absolute atomic E-state index is 11.9. The van der Waals surface area contributed by atoms with E-state index < -0.39 is 0 Å². The normalized spacial score (nSPS) is 15.8. The van der Waals surface area contributed by atoms with Crippen molar-refractivity contribution < 1.29 is 9.53 Å². The van der Waals surface area contributed by atoms with E-state index in [2.05, 4.69) is 4.99 Å². The fraction of sp³-hybridized carbons (Fsp3) is 0.429. The molecule has 18 heavy (non-hydrogen) atoms. The zero-order valence-electron chi connectivity index (χ0n) is 10.6. The van der Waals surface area contributed by atoms with Gasteiger partial charge in [0.25, 0.3) is 0 Å². The van der Waals surface area contributed by atoms with Crippen LogP contribution in [0.3, 0.4) is 0 Å². The van der Waals surface area contributed by atoms with Crippen LogP contribution in [0.4, 0.5) is 4.79 Å². The van der Waals surface area contributed by atoms with Crippen LogP contribution in [-0.4, -0.2) is 36.3 Å². The lowest BCUT2D eigenvalue weighted by atomic mass is 10.2. The first kappa shape index (κ1) is 12.6. The van der Waals surface area contributed by atoms with Crippen LogP contribution in [-0.2, 0) is 11.3 Å². The van der Waals surface area contributed by atoms with Gasteiger partial charge < -0.3 is 9.64 Å². The number of carbonyl (C=O) groups excluding carboxylic acids is 1. The van der Waals surface area contributed by atoms with E-state index in [9.17, 15) is 4.79 Å². The van der Waals surface area contributed by atoms with Gasteiger partial charge in [0.1, 0.15) is 6.61 Å². The van der Waals surface area contributed by atoms with Crippen LogP contribution in [0.2, 0.25) is 0 Å². The van der Waals surface area contributed by atoms with E-state index in [1.165, 1.54) is 0 Å². The molecule has 0 bridgehead atoms. The molecule has 1 aliphatic rings. The van der Waals surface area contributed by atoms with Crippen LogP contribution in [0.5, 0.6) is 0 Å². The van der Waals surface area contributed by atoms with E-state index >= 15 is 0 Å². The van der Waals surface area contributed by atoms with Gasteiger partial charge in [-0.05, 0) is 12.5 Å². The van der Waals surface area contributed by atoms with Gasteiger partial charge in [0.15, 0.2) is 0 Å². The van der Waals surface area contributed by atoms with Crippen LogP contribution in [0, 0.1) is 0 Å². The van der Waals surface area contributed by atoms with Crippen LogP contribution < -0.4 is 0 Å². The molecule has 96 valence electrons. The largest absolute Gasteiger partial charge is 0.445 e. The Hall–Kier alpha value is -1.84. The van der Waals surface area contributed by atoms with E-state index in [0.29, 0.717) is 26.2 Å². The third-order valence-electron chi connectivity index (χ3n) is 2.96. The summed E-state index contributed by atoms with van der Waals surface area (Å²) in [6.07, 6.45) is 0.587. The Bertz CT molecular complexity index is 429. The highest BCUT2D eigenvalue weighted by molar-refractivity contribution is 5.83. The van der Waals surface area contributed by atoms with Crippen molar-refractivity contribution in [3.8, 4) is 0 Å². The minimum absolute atomic E-state index is 0.247. The Morgan fingerprint density at radius 1 is 1.33 bits per heavy atom. The molecule has 0 fully saturated rings. The van der Waals surface area contributed by atoms with E-state index in [0.717, 1.165) is 17.7 Å². The molecule has 0 radical (unpaired) electrons. The van der Waals surface area contributed by atoms with Gasteiger partial charge in [-0.1, -0.05) is 30.3 Å². The van der Waals surface area contributed by atoms with Crippen molar-refractivity contribution in [1.82, 2.24) is 4.90 Å². The molecule has 1 amide bonds. The minimum Gasteiger partial charge on any atom is -0.445 e. The van der Waals surface area contributed by atoms with Crippen molar-refractivity contribution >= 4 is 11.8 Å². The maximum Gasteiger partial charge on any atom is 0.410 e. The molecule has 1 aromatic rings. The predicted molar refractivity (Wildman–Crippen MR) is 70.8 cm³/mol. The van der Waals surface area contributed by atoms with Gasteiger partial charge in [0.2, 0.25) is 0 Å². The Kier molecular flexibility index (Phi) is 4.34. The molecule has 4 heteroatoms. The predicted octanol–water partition coefficient (Wildman–Crippen LogP) is 2.49. The number of hydrogen-bond acceptors (Lipinski definition) is 3. The first-order valence-electron chi connectivity index (χ1n) is 6.21. The molecule has 1 aromatic carbocycles. The van der Waals surface area contributed by atoms with E-state index in [1.807, 2.05) is 37.3 Å². The summed E-state index contributed by atoms with van der Waals surface area (Å²) < 4.78 is 5.29. The second-order valence-electron chi connectivity index (χ2n) is 4.39. The Labute approximate surface area is 107 Å². The van der Waals surface area contributed by atoms with Crippen LogP contribution in [0.1, 0.15) is 18.9 Å². The molecule has 0 N–H and O–H groups in total. The summed E-state index contributed by atoms with van der Waals surface area (Å²) in [5, 5.41) is 0. The number of carbonyl (C=O) groups is 1. The van der Waals surface area contributed by atoms with E-state index in [-0.39, 0.29) is 6.09 Å². The number of benzene rings is 1. The van der Waals surface area contributed by atoms with Gasteiger partial charge >= 0.3 is 6.09 Å². The second kappa shape index (κ2) is 6.19. The first-order chi connectivity index (χ1) is 8.75. The summed E-state index contributed by atoms with van der Waals surface area (Å²) in [5.74, 6) is 0. The van der Waals surface area contributed by atoms with Crippen LogP contribution in [0.15, 0.2) is 35.3 Å². The molecule has 1 aliphatic heterocycles. The monoisotopic (exact) mass is 246 g/mol. The van der Waals surface area contributed by atoms with Gasteiger partial charge in [-0.3, -0.25) is 4.99 Å². The standard InChI is InChI=1S/C14H18N2O2/c1-12-7-9-16(10-8-15-12)14(17)18-11-13-5-3-2-4-6-13/h2-6H,7-11H2,1H3. The highest BCUT2D eigenvalue weighted by atomic mass is 16.6. The van der Waals surface area contributed by atoms with Crippen LogP contribution >= 0.6 is 0 Å². The smallest absolute Gasteiger partial charge is 0.410 e. The lowest BCUT2D eigenvalue weighted by Crippen LogP contribution is -2.33. The van der Waals surface area contributed by atoms with Crippen LogP contribution in [0.25, 0.3) is 0 Å². The molecule has 2 rings (SSSR count). The van der Waals surface area contributed by atoms with Gasteiger partial charge in [-0.15, -0.1) is 0 Å². The van der Waals surface area contributed by atoms with Crippen molar-refractivity contribution in [1.29, 1.82) is 0 Å². The Balaban J connectivity index is 1.82. The highest BCUT2D eigenvalue weighted by Crippen LogP contribution is 2.06. The maximum atomic E-state index is 11.9. The van der Waals surface area contributed by atoms with Crippen molar-refractivity contribution in [2.75, 3.05) is 19.6 Å². The number of ether oxygens (including phenoxy) is 1. The number of amides is 1. The SMILES string of the molecule is CC1=NCCN(C(=O)OCc2ccccc2)CC1. The topological polar surface area (TPSA) is 41.9 Å². The minimum atomic E-state index is -0.247. The van der Waals surface area contributed by atoms with Crippen molar-refractivity contribution in [2.45, 2.75) is 20.0 Å².